The molecule has 1 aromatic heterocycles. The van der Waals surface area contributed by atoms with E-state index in [0.29, 0.717) is 17.5 Å². The molecule has 1 atom stereocenters. The molecule has 1 N–H and O–H groups in total. The predicted molar refractivity (Wildman–Crippen MR) is 109 cm³/mol. The molecule has 0 aliphatic carbocycles. The summed E-state index contributed by atoms with van der Waals surface area (Å²) >= 11 is 3.13. The second-order valence-corrected chi connectivity index (χ2v) is 8.21. The average Bonchev–Trinajstić information content (AvgIpc) is 3.10. The van der Waals surface area contributed by atoms with Gasteiger partial charge in [-0.25, -0.2) is 0 Å². The molecule has 0 bridgehead atoms. The lowest BCUT2D eigenvalue weighted by atomic mass is 9.98. The first-order valence-electron chi connectivity index (χ1n) is 8.56. The van der Waals surface area contributed by atoms with Crippen LogP contribution in [0.2, 0.25) is 0 Å². The van der Waals surface area contributed by atoms with Gasteiger partial charge < -0.3 is 5.32 Å². The summed E-state index contributed by atoms with van der Waals surface area (Å²) < 4.78 is 0. The van der Waals surface area contributed by atoms with Crippen LogP contribution >= 0.6 is 23.1 Å². The third-order valence-electron chi connectivity index (χ3n) is 3.90. The molecular formula is C20H21N3OS2. The summed E-state index contributed by atoms with van der Waals surface area (Å²) in [5.41, 5.74) is 1.28. The van der Waals surface area contributed by atoms with Crippen LogP contribution in [0.15, 0.2) is 65.6 Å². The number of carbonyl (C=O) groups excluding carboxylic acids is 1. The fourth-order valence-electron chi connectivity index (χ4n) is 2.51. The molecule has 0 saturated carbocycles. The number of aromatic nitrogens is 2. The Morgan fingerprint density at radius 2 is 1.77 bits per heavy atom. The van der Waals surface area contributed by atoms with Crippen LogP contribution in [0.4, 0.5) is 5.13 Å². The van der Waals surface area contributed by atoms with Crippen LogP contribution in [-0.2, 0) is 11.2 Å². The van der Waals surface area contributed by atoms with E-state index in [1.807, 2.05) is 48.5 Å². The number of benzene rings is 2. The van der Waals surface area contributed by atoms with Gasteiger partial charge >= 0.3 is 0 Å². The third-order valence-corrected chi connectivity index (χ3v) is 5.78. The quantitative estimate of drug-likeness (QED) is 0.556. The molecule has 0 radical (unpaired) electrons. The Balaban J connectivity index is 1.45. The Labute approximate surface area is 162 Å². The van der Waals surface area contributed by atoms with Gasteiger partial charge in [0.2, 0.25) is 11.0 Å². The minimum Gasteiger partial charge on any atom is -0.301 e. The van der Waals surface area contributed by atoms with Gasteiger partial charge in [-0.2, -0.15) is 0 Å². The molecule has 4 nitrogen and oxygen atoms in total. The normalized spacial score (nSPS) is 11.9. The second kappa shape index (κ2) is 9.50. The second-order valence-electron chi connectivity index (χ2n) is 5.98. The van der Waals surface area contributed by atoms with E-state index in [9.17, 15) is 4.79 Å². The van der Waals surface area contributed by atoms with Gasteiger partial charge in [-0.3, -0.25) is 4.79 Å². The highest BCUT2D eigenvalue weighted by Gasteiger charge is 2.12. The van der Waals surface area contributed by atoms with Gasteiger partial charge in [0.15, 0.2) is 0 Å². The van der Waals surface area contributed by atoms with Gasteiger partial charge in [-0.1, -0.05) is 66.8 Å². The number of rotatable bonds is 8. The number of anilines is 1. The van der Waals surface area contributed by atoms with E-state index in [2.05, 4.69) is 34.6 Å². The van der Waals surface area contributed by atoms with E-state index in [-0.39, 0.29) is 5.91 Å². The highest BCUT2D eigenvalue weighted by atomic mass is 32.2. The van der Waals surface area contributed by atoms with E-state index in [4.69, 9.17) is 0 Å². The maximum absolute atomic E-state index is 12.1. The monoisotopic (exact) mass is 383 g/mol. The van der Waals surface area contributed by atoms with E-state index in [0.717, 1.165) is 17.2 Å². The molecule has 0 fully saturated rings. The zero-order chi connectivity index (χ0) is 18.2. The summed E-state index contributed by atoms with van der Waals surface area (Å²) in [7, 11) is 0. The fourth-order valence-corrected chi connectivity index (χ4v) is 4.27. The Morgan fingerprint density at radius 1 is 1.08 bits per heavy atom. The van der Waals surface area contributed by atoms with E-state index >= 15 is 0 Å². The molecule has 0 aliphatic heterocycles. The SMILES string of the molecule is CC(Cc1nnc(NC(=O)CCSc2ccccc2)s1)c1ccccc1. The third kappa shape index (κ3) is 5.68. The molecule has 3 aromatic rings. The van der Waals surface area contributed by atoms with Crippen molar-refractivity contribution in [2.75, 3.05) is 11.1 Å². The lowest BCUT2D eigenvalue weighted by Crippen LogP contribution is -2.11. The van der Waals surface area contributed by atoms with Crippen molar-refractivity contribution < 1.29 is 4.79 Å². The van der Waals surface area contributed by atoms with Crippen molar-refractivity contribution >= 4 is 34.1 Å². The molecule has 0 saturated heterocycles. The molecule has 1 heterocycles. The first-order valence-corrected chi connectivity index (χ1v) is 10.4. The molecule has 0 spiro atoms. The first-order chi connectivity index (χ1) is 12.7. The standard InChI is InChI=1S/C20H21N3OS2/c1-15(16-8-4-2-5-9-16)14-19-22-23-20(26-19)21-18(24)12-13-25-17-10-6-3-7-11-17/h2-11,15H,12-14H2,1H3,(H,21,23,24). The topological polar surface area (TPSA) is 54.9 Å². The number of hydrogen-bond acceptors (Lipinski definition) is 5. The minimum atomic E-state index is -0.0211. The van der Waals surface area contributed by atoms with Crippen LogP contribution in [0.25, 0.3) is 0 Å². The first kappa shape index (κ1) is 18.6. The molecule has 0 aliphatic rings. The minimum absolute atomic E-state index is 0.0211. The molecule has 6 heteroatoms. The number of nitrogens with zero attached hydrogens (tertiary/aromatic N) is 2. The number of hydrogen-bond donors (Lipinski definition) is 1. The summed E-state index contributed by atoms with van der Waals surface area (Å²) in [6, 6.07) is 20.4. The average molecular weight is 384 g/mol. The summed E-state index contributed by atoms with van der Waals surface area (Å²) in [6.45, 7) is 2.18. The van der Waals surface area contributed by atoms with Crippen molar-refractivity contribution in [1.29, 1.82) is 0 Å². The summed E-state index contributed by atoms with van der Waals surface area (Å²) in [5.74, 6) is 1.09. The summed E-state index contributed by atoms with van der Waals surface area (Å²) in [4.78, 5) is 13.2. The van der Waals surface area contributed by atoms with Crippen molar-refractivity contribution in [1.82, 2.24) is 10.2 Å². The van der Waals surface area contributed by atoms with Crippen LogP contribution in [0.1, 0.15) is 29.8 Å². The number of amides is 1. The number of nitrogens with one attached hydrogen (secondary N) is 1. The van der Waals surface area contributed by atoms with Crippen molar-refractivity contribution in [3.63, 3.8) is 0 Å². The van der Waals surface area contributed by atoms with E-state index in [1.54, 1.807) is 11.8 Å². The maximum atomic E-state index is 12.1. The van der Waals surface area contributed by atoms with Crippen molar-refractivity contribution in [2.45, 2.75) is 30.6 Å². The molecule has 3 rings (SSSR count). The lowest BCUT2D eigenvalue weighted by Gasteiger charge is -2.08. The van der Waals surface area contributed by atoms with Gasteiger partial charge in [0.25, 0.3) is 0 Å². The van der Waals surface area contributed by atoms with Crippen molar-refractivity contribution in [3.8, 4) is 0 Å². The molecular weight excluding hydrogens is 362 g/mol. The highest BCUT2D eigenvalue weighted by Crippen LogP contribution is 2.24. The zero-order valence-corrected chi connectivity index (χ0v) is 16.2. The molecule has 134 valence electrons. The van der Waals surface area contributed by atoms with Crippen LogP contribution in [0.5, 0.6) is 0 Å². The van der Waals surface area contributed by atoms with Crippen LogP contribution in [-0.4, -0.2) is 21.9 Å². The largest absolute Gasteiger partial charge is 0.301 e. The zero-order valence-electron chi connectivity index (χ0n) is 14.6. The molecule has 1 unspecified atom stereocenters. The molecule has 26 heavy (non-hydrogen) atoms. The van der Waals surface area contributed by atoms with Crippen LogP contribution in [0, 0.1) is 0 Å². The van der Waals surface area contributed by atoms with Gasteiger partial charge in [0, 0.05) is 23.5 Å². The Morgan fingerprint density at radius 3 is 2.50 bits per heavy atom. The van der Waals surface area contributed by atoms with Crippen molar-refractivity contribution in [2.24, 2.45) is 0 Å². The maximum Gasteiger partial charge on any atom is 0.227 e. The lowest BCUT2D eigenvalue weighted by molar-refractivity contribution is -0.115. The molecule has 1 amide bonds. The number of carbonyl (C=O) groups is 1. The molecule has 2 aromatic carbocycles. The summed E-state index contributed by atoms with van der Waals surface area (Å²) in [6.07, 6.45) is 1.27. The van der Waals surface area contributed by atoms with E-state index < -0.39 is 0 Å². The van der Waals surface area contributed by atoms with Gasteiger partial charge in [-0.15, -0.1) is 22.0 Å². The Hall–Kier alpha value is -2.18. The number of thioether (sulfide) groups is 1. The highest BCUT2D eigenvalue weighted by molar-refractivity contribution is 7.99. The van der Waals surface area contributed by atoms with Crippen LogP contribution in [0.3, 0.4) is 0 Å². The van der Waals surface area contributed by atoms with Gasteiger partial charge in [0.1, 0.15) is 5.01 Å². The predicted octanol–water partition coefficient (Wildman–Crippen LogP) is 5.01. The van der Waals surface area contributed by atoms with E-state index in [1.165, 1.54) is 21.8 Å². The Bertz CT molecular complexity index is 821. The summed E-state index contributed by atoms with van der Waals surface area (Å²) in [5, 5.41) is 12.7. The van der Waals surface area contributed by atoms with Gasteiger partial charge in [0.05, 0.1) is 0 Å². The van der Waals surface area contributed by atoms with Crippen LogP contribution < -0.4 is 5.32 Å². The van der Waals surface area contributed by atoms with Crippen molar-refractivity contribution in [3.05, 3.63) is 71.2 Å². The van der Waals surface area contributed by atoms with Gasteiger partial charge in [-0.05, 0) is 23.6 Å². The Kier molecular flexibility index (Phi) is 6.80. The fraction of sp³-hybridized carbons (Fsp3) is 0.250. The smallest absolute Gasteiger partial charge is 0.227 e.